The third kappa shape index (κ3) is 4.37. The van der Waals surface area contributed by atoms with E-state index in [0.29, 0.717) is 23.0 Å². The number of aromatic nitrogens is 1. The van der Waals surface area contributed by atoms with Crippen LogP contribution in [0.25, 0.3) is 0 Å². The number of hydrogen-bond acceptors (Lipinski definition) is 5. The Hall–Kier alpha value is -2.72. The first-order valence-corrected chi connectivity index (χ1v) is 13.9. The van der Waals surface area contributed by atoms with Gasteiger partial charge in [-0.25, -0.2) is 0 Å². The van der Waals surface area contributed by atoms with Crippen molar-refractivity contribution in [2.24, 2.45) is 17.8 Å². The molecule has 3 aromatic rings. The van der Waals surface area contributed by atoms with Gasteiger partial charge >= 0.3 is 11.0 Å². The Morgan fingerprint density at radius 1 is 1.14 bits per heavy atom. The lowest BCUT2D eigenvalue weighted by Crippen LogP contribution is -2.34. The largest absolute Gasteiger partial charge is 0.497 e. The molecule has 2 aliphatic carbocycles. The predicted octanol–water partition coefficient (Wildman–Crippen LogP) is 6.23. The molecule has 0 radical (unpaired) electrons. The van der Waals surface area contributed by atoms with Crippen molar-refractivity contribution >= 4 is 34.7 Å². The molecule has 2 saturated carbocycles. The number of carbonyl (C=O) groups excluding carboxylic acids is 1. The molecule has 10 heteroatoms. The summed E-state index contributed by atoms with van der Waals surface area (Å²) < 4.78 is 46.1. The maximum absolute atomic E-state index is 13.2. The normalized spacial score (nSPS) is 26.0. The van der Waals surface area contributed by atoms with Crippen molar-refractivity contribution in [1.29, 1.82) is 0 Å². The summed E-state index contributed by atoms with van der Waals surface area (Å²) in [4.78, 5) is 26.8. The van der Waals surface area contributed by atoms with E-state index in [1.807, 2.05) is 12.1 Å². The molecule has 5 atom stereocenters. The topological polar surface area (TPSA) is 60.3 Å². The first-order valence-electron chi connectivity index (χ1n) is 12.2. The molecular weight excluding hydrogens is 521 g/mol. The van der Waals surface area contributed by atoms with Gasteiger partial charge in [-0.3, -0.25) is 14.2 Å². The minimum absolute atomic E-state index is 0.0499. The summed E-state index contributed by atoms with van der Waals surface area (Å²) in [5.74, 6) is 1.98. The predicted molar refractivity (Wildman–Crippen MR) is 137 cm³/mol. The van der Waals surface area contributed by atoms with E-state index >= 15 is 0 Å². The van der Waals surface area contributed by atoms with Crippen LogP contribution >= 0.6 is 23.1 Å². The zero-order valence-corrected chi connectivity index (χ0v) is 21.6. The molecule has 2 heterocycles. The van der Waals surface area contributed by atoms with Gasteiger partial charge in [-0.2, -0.15) is 13.2 Å². The van der Waals surface area contributed by atoms with E-state index in [4.69, 9.17) is 4.74 Å². The minimum atomic E-state index is -4.51. The molecule has 1 aromatic heterocycles. The molecule has 1 N–H and O–H groups in total. The second kappa shape index (κ2) is 9.23. The number of fused-ring (bicyclic) bond motifs is 6. The van der Waals surface area contributed by atoms with Gasteiger partial charge in [0.05, 0.1) is 17.7 Å². The molecule has 0 spiro atoms. The van der Waals surface area contributed by atoms with E-state index in [0.717, 1.165) is 33.3 Å². The number of halogens is 3. The van der Waals surface area contributed by atoms with Crippen LogP contribution in [0.5, 0.6) is 5.75 Å². The average molecular weight is 547 g/mol. The summed E-state index contributed by atoms with van der Waals surface area (Å²) >= 11 is 2.90. The maximum Gasteiger partial charge on any atom is 0.416 e. The first-order chi connectivity index (χ1) is 17.7. The highest BCUT2D eigenvalue weighted by Crippen LogP contribution is 2.64. The van der Waals surface area contributed by atoms with Crippen molar-refractivity contribution in [2.45, 2.75) is 48.2 Å². The number of carbonyl (C=O) groups is 1. The zero-order valence-electron chi connectivity index (χ0n) is 20.0. The Morgan fingerprint density at radius 3 is 2.62 bits per heavy atom. The van der Waals surface area contributed by atoms with Crippen LogP contribution in [0.3, 0.4) is 0 Å². The average Bonchev–Trinajstić information content (AvgIpc) is 3.57. The summed E-state index contributed by atoms with van der Waals surface area (Å²) in [5, 5.41) is 3.74. The Kier molecular flexibility index (Phi) is 6.14. The second-order valence-electron chi connectivity index (χ2n) is 9.99. The molecule has 2 fully saturated rings. The van der Waals surface area contributed by atoms with Crippen LogP contribution in [0, 0.1) is 17.8 Å². The summed E-state index contributed by atoms with van der Waals surface area (Å²) in [5.41, 5.74) is 0.358. The van der Waals surface area contributed by atoms with Gasteiger partial charge in [0.15, 0.2) is 0 Å². The fraction of sp³-hybridized carbons (Fsp3) is 0.407. The summed E-state index contributed by atoms with van der Waals surface area (Å²) in [6, 6.07) is 12.6. The van der Waals surface area contributed by atoms with E-state index in [9.17, 15) is 22.8 Å². The first kappa shape index (κ1) is 24.6. The van der Waals surface area contributed by atoms with Gasteiger partial charge in [-0.05, 0) is 72.9 Å². The Morgan fingerprint density at radius 2 is 1.89 bits per heavy atom. The van der Waals surface area contributed by atoms with Crippen LogP contribution in [0.1, 0.15) is 41.2 Å². The van der Waals surface area contributed by atoms with E-state index in [-0.39, 0.29) is 23.0 Å². The number of rotatable bonds is 5. The lowest BCUT2D eigenvalue weighted by atomic mass is 9.75. The fourth-order valence-electron chi connectivity index (χ4n) is 6.39. The Bertz CT molecular complexity index is 1400. The van der Waals surface area contributed by atoms with Crippen LogP contribution < -0.4 is 14.9 Å². The van der Waals surface area contributed by atoms with Crippen molar-refractivity contribution in [3.05, 3.63) is 74.2 Å². The maximum atomic E-state index is 13.2. The Balaban J connectivity index is 1.32. The number of thiazole rings is 1. The molecular formula is C27H25F3N2O3S2. The van der Waals surface area contributed by atoms with Gasteiger partial charge < -0.3 is 10.1 Å². The number of anilines is 1. The third-order valence-corrected chi connectivity index (χ3v) is 10.8. The molecule has 5 nitrogen and oxygen atoms in total. The number of thioether (sulfide) groups is 1. The van der Waals surface area contributed by atoms with Crippen LogP contribution in [0.2, 0.25) is 0 Å². The number of benzene rings is 2. The van der Waals surface area contributed by atoms with Crippen LogP contribution in [-0.2, 0) is 17.5 Å². The van der Waals surface area contributed by atoms with E-state index in [1.165, 1.54) is 47.3 Å². The quantitative estimate of drug-likeness (QED) is 0.412. The van der Waals surface area contributed by atoms with Crippen molar-refractivity contribution in [3.63, 3.8) is 0 Å². The van der Waals surface area contributed by atoms with Crippen molar-refractivity contribution in [3.8, 4) is 5.75 Å². The van der Waals surface area contributed by atoms with Crippen LogP contribution in [0.4, 0.5) is 18.9 Å². The number of nitrogens with zero attached hydrogens (tertiary/aromatic N) is 1. The number of amides is 1. The summed E-state index contributed by atoms with van der Waals surface area (Å²) in [6.07, 6.45) is -0.907. The number of nitrogens with one attached hydrogen (secondary N) is 1. The third-order valence-electron chi connectivity index (χ3n) is 7.94. The van der Waals surface area contributed by atoms with E-state index in [1.54, 1.807) is 18.9 Å². The van der Waals surface area contributed by atoms with Crippen molar-refractivity contribution < 1.29 is 22.7 Å². The molecule has 2 aromatic carbocycles. The molecule has 3 aliphatic rings. The molecule has 194 valence electrons. The van der Waals surface area contributed by atoms with Crippen molar-refractivity contribution in [1.82, 2.24) is 4.57 Å². The molecule has 6 rings (SSSR count). The minimum Gasteiger partial charge on any atom is -0.497 e. The Labute approximate surface area is 220 Å². The fourth-order valence-corrected chi connectivity index (χ4v) is 9.54. The second-order valence-corrected chi connectivity index (χ2v) is 12.2. The SMILES string of the molecule is COc1ccc([C@@H]2c3sc(=O)n(CC(=O)Nc4cccc(C(F)(F)F)c4)c3SC3C4CCC(C4)C32)cc1. The number of hydrogen-bond donors (Lipinski definition) is 1. The van der Waals surface area contributed by atoms with Crippen LogP contribution in [0.15, 0.2) is 58.4 Å². The van der Waals surface area contributed by atoms with Gasteiger partial charge in [-0.1, -0.05) is 29.5 Å². The molecule has 4 unspecified atom stereocenters. The van der Waals surface area contributed by atoms with Gasteiger partial charge in [0.2, 0.25) is 5.91 Å². The number of ether oxygens (including phenoxy) is 1. The highest BCUT2D eigenvalue weighted by atomic mass is 32.2. The number of alkyl halides is 3. The summed E-state index contributed by atoms with van der Waals surface area (Å²) in [7, 11) is 1.63. The lowest BCUT2D eigenvalue weighted by molar-refractivity contribution is -0.137. The molecule has 1 aliphatic heterocycles. The molecule has 0 saturated heterocycles. The van der Waals surface area contributed by atoms with E-state index in [2.05, 4.69) is 17.4 Å². The number of methoxy groups -OCH3 is 1. The highest BCUT2D eigenvalue weighted by molar-refractivity contribution is 8.00. The highest BCUT2D eigenvalue weighted by Gasteiger charge is 2.55. The van der Waals surface area contributed by atoms with Crippen molar-refractivity contribution in [2.75, 3.05) is 12.4 Å². The standard InChI is InChI=1S/C27H25F3N2O3S2/c1-35-19-9-7-14(8-10-19)21-22-15-5-6-16(11-15)23(22)36-25-24(21)37-26(34)32(25)13-20(33)31-18-4-2-3-17(12-18)27(28,29)30/h2-4,7-10,12,15-16,21-23H,5-6,11,13H2,1H3,(H,31,33)/t15?,16?,21-,22?,23?/m0/s1. The smallest absolute Gasteiger partial charge is 0.416 e. The van der Waals surface area contributed by atoms with Gasteiger partial charge in [0, 0.05) is 21.7 Å². The van der Waals surface area contributed by atoms with E-state index < -0.39 is 17.6 Å². The molecule has 2 bridgehead atoms. The van der Waals surface area contributed by atoms with Crippen LogP contribution in [-0.4, -0.2) is 22.8 Å². The van der Waals surface area contributed by atoms with Gasteiger partial charge in [0.25, 0.3) is 0 Å². The van der Waals surface area contributed by atoms with Gasteiger partial charge in [-0.15, -0.1) is 11.8 Å². The lowest BCUT2D eigenvalue weighted by Gasteiger charge is -2.40. The zero-order chi connectivity index (χ0) is 25.9. The molecule has 37 heavy (non-hydrogen) atoms. The molecule has 1 amide bonds. The van der Waals surface area contributed by atoms with Gasteiger partial charge in [0.1, 0.15) is 12.3 Å². The monoisotopic (exact) mass is 546 g/mol. The summed E-state index contributed by atoms with van der Waals surface area (Å²) in [6.45, 7) is -0.241.